The number of aromatic nitrogens is 4. The van der Waals surface area contributed by atoms with Crippen LogP contribution in [0.1, 0.15) is 66.7 Å². The highest BCUT2D eigenvalue weighted by atomic mass is 32.1. The predicted octanol–water partition coefficient (Wildman–Crippen LogP) is 4.06. The maximum atomic E-state index is 13.9. The second-order valence-corrected chi connectivity index (χ2v) is 11.7. The number of fused-ring (bicyclic) bond motifs is 2. The van der Waals surface area contributed by atoms with Gasteiger partial charge in [0.2, 0.25) is 11.8 Å². The second-order valence-electron chi connectivity index (χ2n) is 10.8. The molecule has 5 rings (SSSR count). The molecule has 0 fully saturated rings. The fourth-order valence-corrected chi connectivity index (χ4v) is 6.14. The molecule has 1 aliphatic rings. The van der Waals surface area contributed by atoms with Gasteiger partial charge in [-0.15, -0.1) is 11.3 Å². The third-order valence-electron chi connectivity index (χ3n) is 7.82. The molecule has 3 heterocycles. The van der Waals surface area contributed by atoms with Gasteiger partial charge in [0.25, 0.3) is 5.91 Å². The first-order valence-electron chi connectivity index (χ1n) is 14.5. The van der Waals surface area contributed by atoms with E-state index in [0.29, 0.717) is 49.7 Å². The van der Waals surface area contributed by atoms with Crippen LogP contribution in [0.4, 0.5) is 0 Å². The van der Waals surface area contributed by atoms with Crippen LogP contribution in [0.2, 0.25) is 0 Å². The Labute approximate surface area is 249 Å². The Hall–Kier alpha value is -4.12. The molecular formula is C31H37N7O3S. The number of carbonyl (C=O) groups is 3. The summed E-state index contributed by atoms with van der Waals surface area (Å²) in [6.45, 7) is 6.94. The van der Waals surface area contributed by atoms with Crippen LogP contribution in [0.25, 0.3) is 10.2 Å². The Bertz CT molecular complexity index is 1550. The van der Waals surface area contributed by atoms with Crippen LogP contribution in [0, 0.1) is 12.8 Å². The standard InChI is InChI=1S/C31H37N7O3S/c1-4-20(2)27-30(40)34-25(18-22-10-6-5-7-11-22)29-33-21(3)36-38(29)17-16-37(15-9-14-26(39)35-27)31(41)23-12-8-13-24-28(23)42-19-32-24/h5-8,10-13,19-20,25,27H,4,9,14-18H2,1-3H3,(H,34,40)(H,35,39)/t20-,25-,27-/m0/s1. The van der Waals surface area contributed by atoms with Crippen molar-refractivity contribution in [3.8, 4) is 0 Å². The lowest BCUT2D eigenvalue weighted by molar-refractivity contribution is -0.130. The summed E-state index contributed by atoms with van der Waals surface area (Å²) in [4.78, 5) is 51.5. The van der Waals surface area contributed by atoms with Crippen LogP contribution < -0.4 is 10.6 Å². The summed E-state index contributed by atoms with van der Waals surface area (Å²) in [6, 6.07) is 14.3. The molecule has 3 atom stereocenters. The molecule has 2 aromatic heterocycles. The van der Waals surface area contributed by atoms with E-state index in [4.69, 9.17) is 4.98 Å². The quantitative estimate of drug-likeness (QED) is 0.363. The lowest BCUT2D eigenvalue weighted by atomic mass is 9.97. The number of carbonyl (C=O) groups excluding carboxylic acids is 3. The van der Waals surface area contributed by atoms with Crippen molar-refractivity contribution in [1.29, 1.82) is 0 Å². The number of aryl methyl sites for hydroxylation is 1. The van der Waals surface area contributed by atoms with E-state index in [1.165, 1.54) is 11.3 Å². The lowest BCUT2D eigenvalue weighted by Gasteiger charge is -2.28. The Morgan fingerprint density at radius 3 is 2.67 bits per heavy atom. The molecule has 0 aliphatic carbocycles. The van der Waals surface area contributed by atoms with E-state index in [-0.39, 0.29) is 30.1 Å². The molecule has 11 heteroatoms. The number of benzene rings is 2. The van der Waals surface area contributed by atoms with E-state index >= 15 is 0 Å². The van der Waals surface area contributed by atoms with Gasteiger partial charge in [-0.25, -0.2) is 14.6 Å². The number of rotatable bonds is 5. The maximum Gasteiger partial charge on any atom is 0.255 e. The van der Waals surface area contributed by atoms with E-state index in [1.807, 2.05) is 69.3 Å². The number of thiazole rings is 1. The number of amides is 3. The summed E-state index contributed by atoms with van der Waals surface area (Å²) in [5.41, 5.74) is 4.17. The first-order chi connectivity index (χ1) is 20.3. The van der Waals surface area contributed by atoms with Crippen molar-refractivity contribution in [3.05, 3.63) is 76.8 Å². The topological polar surface area (TPSA) is 122 Å². The first-order valence-corrected chi connectivity index (χ1v) is 15.4. The van der Waals surface area contributed by atoms with Gasteiger partial charge in [-0.2, -0.15) is 5.10 Å². The average Bonchev–Trinajstić information content (AvgIpc) is 3.63. The normalized spacial score (nSPS) is 19.5. The Morgan fingerprint density at radius 1 is 1.07 bits per heavy atom. The van der Waals surface area contributed by atoms with Gasteiger partial charge in [-0.1, -0.05) is 56.7 Å². The van der Waals surface area contributed by atoms with Gasteiger partial charge >= 0.3 is 0 Å². The highest BCUT2D eigenvalue weighted by molar-refractivity contribution is 7.17. The fourth-order valence-electron chi connectivity index (χ4n) is 5.35. The van der Waals surface area contributed by atoms with E-state index in [1.54, 1.807) is 15.1 Å². The number of nitrogens with zero attached hydrogens (tertiary/aromatic N) is 5. The molecular weight excluding hydrogens is 550 g/mol. The van der Waals surface area contributed by atoms with E-state index < -0.39 is 12.1 Å². The van der Waals surface area contributed by atoms with Crippen LogP contribution in [0.3, 0.4) is 0 Å². The zero-order chi connectivity index (χ0) is 29.6. The maximum absolute atomic E-state index is 13.9. The number of hydrogen-bond donors (Lipinski definition) is 2. The molecule has 0 bridgehead atoms. The van der Waals surface area contributed by atoms with Crippen molar-refractivity contribution < 1.29 is 14.4 Å². The van der Waals surface area contributed by atoms with Gasteiger partial charge in [-0.3, -0.25) is 14.4 Å². The van der Waals surface area contributed by atoms with Crippen molar-refractivity contribution in [3.63, 3.8) is 0 Å². The zero-order valence-electron chi connectivity index (χ0n) is 24.2. The molecule has 0 unspecified atom stereocenters. The second kappa shape index (κ2) is 13.2. The van der Waals surface area contributed by atoms with Gasteiger partial charge in [0, 0.05) is 19.5 Å². The monoisotopic (exact) mass is 587 g/mol. The summed E-state index contributed by atoms with van der Waals surface area (Å²) in [7, 11) is 0. The van der Waals surface area contributed by atoms with E-state index in [2.05, 4.69) is 20.7 Å². The smallest absolute Gasteiger partial charge is 0.255 e. The van der Waals surface area contributed by atoms with Gasteiger partial charge in [0.15, 0.2) is 0 Å². The van der Waals surface area contributed by atoms with Gasteiger partial charge in [-0.05, 0) is 43.4 Å². The minimum absolute atomic E-state index is 0.0724. The Morgan fingerprint density at radius 2 is 1.88 bits per heavy atom. The third-order valence-corrected chi connectivity index (χ3v) is 8.69. The molecule has 2 aromatic carbocycles. The molecule has 0 spiro atoms. The highest BCUT2D eigenvalue weighted by Crippen LogP contribution is 2.24. The van der Waals surface area contributed by atoms with Crippen molar-refractivity contribution in [1.82, 2.24) is 35.3 Å². The molecule has 220 valence electrons. The molecule has 10 nitrogen and oxygen atoms in total. The molecule has 3 amide bonds. The average molecular weight is 588 g/mol. The van der Waals surface area contributed by atoms with Crippen molar-refractivity contribution in [2.24, 2.45) is 5.92 Å². The molecule has 0 saturated carbocycles. The van der Waals surface area contributed by atoms with Crippen LogP contribution >= 0.6 is 11.3 Å². The SMILES string of the molecule is CC[C@H](C)[C@@H]1NC(=O)CCCN(C(=O)c2cccc3ncsc23)CCn2nc(C)nc2[C@H](Cc2ccccc2)NC1=O. The first kappa shape index (κ1) is 29.4. The largest absolute Gasteiger partial charge is 0.344 e. The minimum atomic E-state index is -0.692. The fraction of sp³-hybridized carbons (Fsp3) is 0.419. The highest BCUT2D eigenvalue weighted by Gasteiger charge is 2.31. The number of nitrogens with one attached hydrogen (secondary N) is 2. The molecule has 0 radical (unpaired) electrons. The van der Waals surface area contributed by atoms with Gasteiger partial charge in [0.05, 0.1) is 33.9 Å². The van der Waals surface area contributed by atoms with E-state index in [0.717, 1.165) is 22.2 Å². The summed E-state index contributed by atoms with van der Waals surface area (Å²) < 4.78 is 2.65. The van der Waals surface area contributed by atoms with Crippen LogP contribution in [-0.4, -0.2) is 61.5 Å². The number of hydrogen-bond acceptors (Lipinski definition) is 7. The molecule has 4 aromatic rings. The molecule has 1 aliphatic heterocycles. The Balaban J connectivity index is 1.50. The van der Waals surface area contributed by atoms with E-state index in [9.17, 15) is 14.4 Å². The zero-order valence-corrected chi connectivity index (χ0v) is 25.1. The lowest BCUT2D eigenvalue weighted by Crippen LogP contribution is -2.51. The summed E-state index contributed by atoms with van der Waals surface area (Å²) in [5.74, 6) is 0.577. The minimum Gasteiger partial charge on any atom is -0.344 e. The van der Waals surface area contributed by atoms with Crippen LogP contribution in [0.15, 0.2) is 54.0 Å². The third kappa shape index (κ3) is 6.67. The summed E-state index contributed by atoms with van der Waals surface area (Å²) in [6.07, 6.45) is 1.89. The summed E-state index contributed by atoms with van der Waals surface area (Å²) in [5, 5.41) is 10.8. The van der Waals surface area contributed by atoms with Crippen molar-refractivity contribution in [2.75, 3.05) is 13.1 Å². The van der Waals surface area contributed by atoms with Crippen LogP contribution in [-0.2, 0) is 22.6 Å². The summed E-state index contributed by atoms with van der Waals surface area (Å²) >= 11 is 1.44. The van der Waals surface area contributed by atoms with Gasteiger partial charge in [0.1, 0.15) is 17.7 Å². The molecule has 2 N–H and O–H groups in total. The Kier molecular flexibility index (Phi) is 9.26. The molecule has 0 saturated heterocycles. The van der Waals surface area contributed by atoms with Crippen LogP contribution in [0.5, 0.6) is 0 Å². The molecule has 42 heavy (non-hydrogen) atoms. The van der Waals surface area contributed by atoms with Gasteiger partial charge < -0.3 is 15.5 Å². The van der Waals surface area contributed by atoms with Crippen molar-refractivity contribution in [2.45, 2.75) is 65.1 Å². The van der Waals surface area contributed by atoms with Crippen molar-refractivity contribution >= 4 is 39.3 Å². The predicted molar refractivity (Wildman–Crippen MR) is 162 cm³/mol.